The third-order valence-electron chi connectivity index (χ3n) is 5.61. The summed E-state index contributed by atoms with van der Waals surface area (Å²) < 4.78 is 5.82. The Morgan fingerprint density at radius 2 is 2.06 bits per heavy atom. The number of nitrogens with zero attached hydrogens (tertiary/aromatic N) is 2. The summed E-state index contributed by atoms with van der Waals surface area (Å²) in [5, 5.41) is 11.4. The van der Waals surface area contributed by atoms with Gasteiger partial charge >= 0.3 is 0 Å². The molecule has 2 heterocycles. The zero-order chi connectivity index (χ0) is 22.0. The van der Waals surface area contributed by atoms with Crippen molar-refractivity contribution in [3.05, 3.63) is 56.4 Å². The van der Waals surface area contributed by atoms with Gasteiger partial charge in [-0.15, -0.1) is 11.3 Å². The van der Waals surface area contributed by atoms with Gasteiger partial charge in [0, 0.05) is 18.0 Å². The third kappa shape index (κ3) is 5.17. The van der Waals surface area contributed by atoms with Crippen molar-refractivity contribution in [2.24, 2.45) is 5.92 Å². The van der Waals surface area contributed by atoms with Crippen LogP contribution in [0, 0.1) is 12.8 Å². The molecule has 0 unspecified atom stereocenters. The number of aliphatic hydroxyl groups is 1. The van der Waals surface area contributed by atoms with Crippen molar-refractivity contribution in [2.45, 2.75) is 52.7 Å². The van der Waals surface area contributed by atoms with E-state index in [1.165, 1.54) is 10.4 Å². The summed E-state index contributed by atoms with van der Waals surface area (Å²) in [7, 11) is 0. The molecule has 0 radical (unpaired) electrons. The Hall–Kier alpha value is -2.22. The average Bonchev–Trinajstić information content (AvgIpc) is 3.27. The van der Waals surface area contributed by atoms with Gasteiger partial charge in [-0.2, -0.15) is 0 Å². The minimum Gasteiger partial charge on any atom is -0.491 e. The number of aromatic nitrogens is 2. The Kier molecular flexibility index (Phi) is 6.74. The van der Waals surface area contributed by atoms with Gasteiger partial charge in [0.25, 0.3) is 5.56 Å². The van der Waals surface area contributed by atoms with Crippen LogP contribution in [0.5, 0.6) is 5.75 Å². The fraction of sp³-hybridized carbons (Fsp3) is 0.500. The van der Waals surface area contributed by atoms with E-state index < -0.39 is 6.10 Å². The Morgan fingerprint density at radius 1 is 1.26 bits per heavy atom. The van der Waals surface area contributed by atoms with Crippen molar-refractivity contribution in [1.29, 1.82) is 0 Å². The van der Waals surface area contributed by atoms with E-state index in [2.05, 4.69) is 23.7 Å². The molecule has 2 N–H and O–H groups in total. The highest BCUT2D eigenvalue weighted by molar-refractivity contribution is 7.18. The van der Waals surface area contributed by atoms with Crippen LogP contribution < -0.4 is 10.3 Å². The number of para-hydroxylation sites is 1. The van der Waals surface area contributed by atoms with E-state index in [-0.39, 0.29) is 12.2 Å². The molecular weight excluding hydrogens is 410 g/mol. The van der Waals surface area contributed by atoms with Crippen LogP contribution in [0.1, 0.15) is 42.1 Å². The van der Waals surface area contributed by atoms with Crippen LogP contribution in [0.15, 0.2) is 29.1 Å². The number of H-pyrrole nitrogens is 1. The van der Waals surface area contributed by atoms with Crippen molar-refractivity contribution in [1.82, 2.24) is 14.9 Å². The van der Waals surface area contributed by atoms with Crippen LogP contribution in [0.25, 0.3) is 10.2 Å². The van der Waals surface area contributed by atoms with Gasteiger partial charge < -0.3 is 14.8 Å². The molecule has 0 saturated carbocycles. The molecule has 0 spiro atoms. The van der Waals surface area contributed by atoms with E-state index >= 15 is 0 Å². The molecule has 4 rings (SSSR count). The number of thiophene rings is 1. The number of rotatable bonds is 9. The molecule has 6 nitrogen and oxygen atoms in total. The van der Waals surface area contributed by atoms with Crippen molar-refractivity contribution >= 4 is 21.6 Å². The molecule has 0 amide bonds. The first-order valence-electron chi connectivity index (χ1n) is 11.0. The lowest BCUT2D eigenvalue weighted by Gasteiger charge is -2.26. The highest BCUT2D eigenvalue weighted by Crippen LogP contribution is 2.34. The highest BCUT2D eigenvalue weighted by atomic mass is 32.1. The molecule has 2 aromatic heterocycles. The van der Waals surface area contributed by atoms with Crippen LogP contribution in [0.3, 0.4) is 0 Å². The smallest absolute Gasteiger partial charge is 0.259 e. The largest absolute Gasteiger partial charge is 0.491 e. The fourth-order valence-corrected chi connectivity index (χ4v) is 5.59. The summed E-state index contributed by atoms with van der Waals surface area (Å²) >= 11 is 1.66. The Balaban J connectivity index is 1.45. The van der Waals surface area contributed by atoms with Gasteiger partial charge in [0.05, 0.1) is 11.9 Å². The Labute approximate surface area is 186 Å². The van der Waals surface area contributed by atoms with Crippen molar-refractivity contribution in [3.8, 4) is 5.75 Å². The summed E-state index contributed by atoms with van der Waals surface area (Å²) in [5.74, 6) is 1.87. The second-order valence-electron chi connectivity index (χ2n) is 8.87. The zero-order valence-electron chi connectivity index (χ0n) is 18.5. The maximum Gasteiger partial charge on any atom is 0.259 e. The van der Waals surface area contributed by atoms with Gasteiger partial charge in [0.2, 0.25) is 0 Å². The molecule has 7 heteroatoms. The fourth-order valence-electron chi connectivity index (χ4n) is 4.31. The molecule has 1 aromatic carbocycles. The summed E-state index contributed by atoms with van der Waals surface area (Å²) in [5.41, 5.74) is 2.21. The summed E-state index contributed by atoms with van der Waals surface area (Å²) in [6.07, 6.45) is 2.52. The molecule has 3 aromatic rings. The highest BCUT2D eigenvalue weighted by Gasteiger charge is 2.22. The number of ether oxygens (including phenoxy) is 1. The maximum absolute atomic E-state index is 12.8. The molecule has 0 bridgehead atoms. The monoisotopic (exact) mass is 441 g/mol. The standard InChI is InChI=1S/C24H31N3O3S/c1-15(2)11-27(12-17(28)14-30-19-9-5-4-7-16(19)3)13-21-25-23(29)22-18-8-6-10-20(18)31-24(22)26-21/h4-5,7,9,15,17,28H,6,8,10-14H2,1-3H3,(H,25,26,29)/t17-/m1/s1. The van der Waals surface area contributed by atoms with Gasteiger partial charge in [-0.1, -0.05) is 32.0 Å². The number of aryl methyl sites for hydroxylation is 3. The molecule has 1 aliphatic carbocycles. The number of hydrogen-bond donors (Lipinski definition) is 2. The molecule has 1 atom stereocenters. The van der Waals surface area contributed by atoms with Crippen LogP contribution in [-0.2, 0) is 19.4 Å². The number of fused-ring (bicyclic) bond motifs is 3. The van der Waals surface area contributed by atoms with Gasteiger partial charge in [0.15, 0.2) is 0 Å². The topological polar surface area (TPSA) is 78.5 Å². The third-order valence-corrected chi connectivity index (χ3v) is 6.80. The quantitative estimate of drug-likeness (QED) is 0.530. The molecule has 0 fully saturated rings. The predicted molar refractivity (Wildman–Crippen MR) is 125 cm³/mol. The van der Waals surface area contributed by atoms with Crippen molar-refractivity contribution in [2.75, 3.05) is 19.7 Å². The van der Waals surface area contributed by atoms with E-state index in [9.17, 15) is 9.90 Å². The van der Waals surface area contributed by atoms with Crippen LogP contribution in [-0.4, -0.2) is 45.8 Å². The lowest BCUT2D eigenvalue weighted by molar-refractivity contribution is 0.0604. The molecule has 166 valence electrons. The summed E-state index contributed by atoms with van der Waals surface area (Å²) in [4.78, 5) is 24.8. The van der Waals surface area contributed by atoms with Crippen LogP contribution >= 0.6 is 11.3 Å². The maximum atomic E-state index is 12.8. The molecular formula is C24H31N3O3S. The van der Waals surface area contributed by atoms with Gasteiger partial charge in [0.1, 0.15) is 29.1 Å². The minimum atomic E-state index is -0.639. The average molecular weight is 442 g/mol. The number of hydrogen-bond acceptors (Lipinski definition) is 6. The van der Waals surface area contributed by atoms with Crippen LogP contribution in [0.4, 0.5) is 0 Å². The molecule has 0 saturated heterocycles. The summed E-state index contributed by atoms with van der Waals surface area (Å²) in [6, 6.07) is 7.80. The van der Waals surface area contributed by atoms with E-state index in [4.69, 9.17) is 9.72 Å². The number of nitrogens with one attached hydrogen (secondary N) is 1. The van der Waals surface area contributed by atoms with Gasteiger partial charge in [-0.05, 0) is 49.3 Å². The number of aromatic amines is 1. The van der Waals surface area contributed by atoms with E-state index in [0.29, 0.717) is 24.8 Å². The first-order valence-corrected chi connectivity index (χ1v) is 11.8. The van der Waals surface area contributed by atoms with Gasteiger partial charge in [-0.3, -0.25) is 9.69 Å². The second kappa shape index (κ2) is 9.51. The van der Waals surface area contributed by atoms with Gasteiger partial charge in [-0.25, -0.2) is 4.98 Å². The molecule has 1 aliphatic rings. The first-order chi connectivity index (χ1) is 14.9. The number of benzene rings is 1. The molecule has 31 heavy (non-hydrogen) atoms. The van der Waals surface area contributed by atoms with Crippen molar-refractivity contribution in [3.63, 3.8) is 0 Å². The first kappa shape index (κ1) is 22.0. The lowest BCUT2D eigenvalue weighted by atomic mass is 10.2. The second-order valence-corrected chi connectivity index (χ2v) is 9.95. The van der Waals surface area contributed by atoms with E-state index in [1.807, 2.05) is 31.2 Å². The predicted octanol–water partition coefficient (Wildman–Crippen LogP) is 3.68. The molecule has 0 aliphatic heterocycles. The lowest BCUT2D eigenvalue weighted by Crippen LogP contribution is -2.38. The zero-order valence-corrected chi connectivity index (χ0v) is 19.3. The number of aliphatic hydroxyl groups excluding tert-OH is 1. The normalized spacial score (nSPS) is 14.5. The van der Waals surface area contributed by atoms with Crippen LogP contribution in [0.2, 0.25) is 0 Å². The Bertz CT molecular complexity index is 1110. The van der Waals surface area contributed by atoms with Crippen molar-refractivity contribution < 1.29 is 9.84 Å². The minimum absolute atomic E-state index is 0.0349. The van der Waals surface area contributed by atoms with E-state index in [1.54, 1.807) is 11.3 Å². The summed E-state index contributed by atoms with van der Waals surface area (Å²) in [6.45, 7) is 8.24. The SMILES string of the molecule is Cc1ccccc1OC[C@H](O)CN(Cc1nc2sc3c(c2c(=O)[nH]1)CCC3)CC(C)C. The van der Waals surface area contributed by atoms with E-state index in [0.717, 1.165) is 47.3 Å². The Morgan fingerprint density at radius 3 is 2.84 bits per heavy atom.